The van der Waals surface area contributed by atoms with Crippen molar-refractivity contribution in [2.24, 2.45) is 4.99 Å². The molecule has 0 aromatic carbocycles. The van der Waals surface area contributed by atoms with E-state index in [9.17, 15) is 4.79 Å². The molecule has 0 spiro atoms. The van der Waals surface area contributed by atoms with Gasteiger partial charge in [0.2, 0.25) is 0 Å². The maximum absolute atomic E-state index is 11.7. The largest absolute Gasteiger partial charge is 0.383 e. The first-order chi connectivity index (χ1) is 8.20. The molecule has 92 valence electrons. The normalized spacial score (nSPS) is 21.6. The second kappa shape index (κ2) is 5.61. The standard InChI is InChI=1S/C10H12BrN3O2S/c1-16-3-2-12-10-13-8(9(15)14-10)7-4-6(11)5-17-7/h4-5,8H,2-3H2,1H3,(H2,12,13,14,15). The Bertz CT molecular complexity index is 447. The summed E-state index contributed by atoms with van der Waals surface area (Å²) in [5.74, 6) is 0.442. The Hall–Kier alpha value is -0.920. The number of guanidine groups is 1. The lowest BCUT2D eigenvalue weighted by atomic mass is 10.2. The summed E-state index contributed by atoms with van der Waals surface area (Å²) in [7, 11) is 1.62. The number of methoxy groups -OCH3 is 1. The summed E-state index contributed by atoms with van der Waals surface area (Å²) in [5.41, 5.74) is 0. The Kier molecular flexibility index (Phi) is 4.14. The lowest BCUT2D eigenvalue weighted by Crippen LogP contribution is -2.26. The maximum atomic E-state index is 11.7. The molecule has 2 N–H and O–H groups in total. The Morgan fingerprint density at radius 3 is 3.12 bits per heavy atom. The van der Waals surface area contributed by atoms with Gasteiger partial charge in [0, 0.05) is 21.8 Å². The van der Waals surface area contributed by atoms with Crippen molar-refractivity contribution in [2.45, 2.75) is 6.04 Å². The molecule has 5 nitrogen and oxygen atoms in total. The molecule has 1 atom stereocenters. The molecule has 1 unspecified atom stereocenters. The molecule has 0 bridgehead atoms. The Morgan fingerprint density at radius 2 is 2.47 bits per heavy atom. The Labute approximate surface area is 111 Å². The van der Waals surface area contributed by atoms with E-state index >= 15 is 0 Å². The summed E-state index contributed by atoms with van der Waals surface area (Å²) in [4.78, 5) is 16.9. The topological polar surface area (TPSA) is 62.7 Å². The van der Waals surface area contributed by atoms with E-state index in [0.717, 1.165) is 9.35 Å². The van der Waals surface area contributed by atoms with Crippen LogP contribution in [0.15, 0.2) is 20.9 Å². The van der Waals surface area contributed by atoms with E-state index in [1.165, 1.54) is 11.3 Å². The molecule has 1 aliphatic heterocycles. The monoisotopic (exact) mass is 317 g/mol. The van der Waals surface area contributed by atoms with Crippen LogP contribution >= 0.6 is 27.3 Å². The molecular formula is C10H12BrN3O2S. The van der Waals surface area contributed by atoms with E-state index in [1.807, 2.05) is 11.4 Å². The van der Waals surface area contributed by atoms with Crippen molar-refractivity contribution in [3.63, 3.8) is 0 Å². The lowest BCUT2D eigenvalue weighted by Gasteiger charge is -2.03. The summed E-state index contributed by atoms with van der Waals surface area (Å²) in [6.07, 6.45) is 0. The van der Waals surface area contributed by atoms with Crippen LogP contribution in [0.25, 0.3) is 0 Å². The van der Waals surface area contributed by atoms with Crippen LogP contribution in [0.3, 0.4) is 0 Å². The predicted molar refractivity (Wildman–Crippen MR) is 70.2 cm³/mol. The molecule has 2 rings (SSSR count). The van der Waals surface area contributed by atoms with Crippen molar-refractivity contribution in [1.29, 1.82) is 0 Å². The summed E-state index contributed by atoms with van der Waals surface area (Å²) < 4.78 is 5.87. The molecule has 2 heterocycles. The highest BCUT2D eigenvalue weighted by atomic mass is 79.9. The fourth-order valence-electron chi connectivity index (χ4n) is 1.44. The third-order valence-corrected chi connectivity index (χ3v) is 3.98. The number of ether oxygens (including phenoxy) is 1. The van der Waals surface area contributed by atoms with Crippen LogP contribution in [0.5, 0.6) is 0 Å². The minimum atomic E-state index is -0.340. The first-order valence-electron chi connectivity index (χ1n) is 5.05. The number of aliphatic imine (C=N–C) groups is 1. The number of rotatable bonds is 4. The van der Waals surface area contributed by atoms with E-state index in [2.05, 4.69) is 31.6 Å². The third kappa shape index (κ3) is 3.05. The van der Waals surface area contributed by atoms with Gasteiger partial charge in [-0.25, -0.2) is 0 Å². The van der Waals surface area contributed by atoms with Gasteiger partial charge in [-0.1, -0.05) is 0 Å². The molecule has 0 aliphatic carbocycles. The predicted octanol–water partition coefficient (Wildman–Crippen LogP) is 1.27. The number of halogens is 1. The zero-order valence-electron chi connectivity index (χ0n) is 9.20. The quantitative estimate of drug-likeness (QED) is 0.822. The average Bonchev–Trinajstić information content (AvgIpc) is 2.85. The number of thiophene rings is 1. The molecule has 1 aromatic heterocycles. The van der Waals surface area contributed by atoms with Gasteiger partial charge in [-0.2, -0.15) is 0 Å². The van der Waals surface area contributed by atoms with Gasteiger partial charge in [-0.15, -0.1) is 11.3 Å². The van der Waals surface area contributed by atoms with Crippen LogP contribution in [-0.4, -0.2) is 32.1 Å². The smallest absolute Gasteiger partial charge is 0.254 e. The van der Waals surface area contributed by atoms with Crippen molar-refractivity contribution in [3.8, 4) is 0 Å². The molecule has 0 radical (unpaired) electrons. The van der Waals surface area contributed by atoms with Crippen LogP contribution in [0, 0.1) is 0 Å². The van der Waals surface area contributed by atoms with Gasteiger partial charge in [0.15, 0.2) is 5.96 Å². The summed E-state index contributed by atoms with van der Waals surface area (Å²) >= 11 is 4.90. The van der Waals surface area contributed by atoms with Crippen molar-refractivity contribution in [1.82, 2.24) is 10.6 Å². The highest BCUT2D eigenvalue weighted by Crippen LogP contribution is 2.27. The van der Waals surface area contributed by atoms with Gasteiger partial charge in [0.25, 0.3) is 5.91 Å². The number of carbonyl (C=O) groups excluding carboxylic acids is 1. The zero-order valence-corrected chi connectivity index (χ0v) is 11.6. The fraction of sp³-hybridized carbons (Fsp3) is 0.400. The van der Waals surface area contributed by atoms with Gasteiger partial charge in [0.05, 0.1) is 13.2 Å². The van der Waals surface area contributed by atoms with Gasteiger partial charge in [0.1, 0.15) is 6.04 Å². The molecule has 0 saturated carbocycles. The van der Waals surface area contributed by atoms with Crippen LogP contribution in [-0.2, 0) is 9.53 Å². The molecule has 7 heteroatoms. The number of hydrogen-bond acceptors (Lipinski definition) is 4. The van der Waals surface area contributed by atoms with Gasteiger partial charge in [-0.05, 0) is 22.0 Å². The maximum Gasteiger partial charge on any atom is 0.254 e. The summed E-state index contributed by atoms with van der Waals surface area (Å²) in [6, 6.07) is 1.59. The lowest BCUT2D eigenvalue weighted by molar-refractivity contribution is -0.120. The van der Waals surface area contributed by atoms with Crippen molar-refractivity contribution in [3.05, 3.63) is 20.8 Å². The van der Waals surface area contributed by atoms with E-state index in [-0.39, 0.29) is 11.9 Å². The number of hydrogen-bond donors (Lipinski definition) is 2. The number of carbonyl (C=O) groups is 1. The molecule has 1 fully saturated rings. The van der Waals surface area contributed by atoms with Crippen molar-refractivity contribution < 1.29 is 9.53 Å². The number of amides is 1. The van der Waals surface area contributed by atoms with E-state index in [1.54, 1.807) is 7.11 Å². The second-order valence-electron chi connectivity index (χ2n) is 3.46. The van der Waals surface area contributed by atoms with E-state index < -0.39 is 0 Å². The van der Waals surface area contributed by atoms with Crippen LogP contribution in [0.4, 0.5) is 0 Å². The molecule has 1 aromatic rings. The van der Waals surface area contributed by atoms with E-state index in [0.29, 0.717) is 19.1 Å². The van der Waals surface area contributed by atoms with Gasteiger partial charge in [-0.3, -0.25) is 15.1 Å². The Balaban J connectivity index is 2.02. The highest BCUT2D eigenvalue weighted by molar-refractivity contribution is 9.10. The zero-order chi connectivity index (χ0) is 12.3. The molecular weight excluding hydrogens is 306 g/mol. The highest BCUT2D eigenvalue weighted by Gasteiger charge is 2.30. The van der Waals surface area contributed by atoms with Crippen molar-refractivity contribution in [2.75, 3.05) is 20.3 Å². The van der Waals surface area contributed by atoms with Crippen molar-refractivity contribution >= 4 is 39.1 Å². The van der Waals surface area contributed by atoms with Crippen LogP contribution < -0.4 is 10.6 Å². The SMILES string of the molecule is COCCN=C1NC(=O)C(c2cc(Br)cs2)N1. The minimum absolute atomic E-state index is 0.0736. The van der Waals surface area contributed by atoms with E-state index in [4.69, 9.17) is 4.74 Å². The fourth-order valence-corrected chi connectivity index (χ4v) is 2.93. The van der Waals surface area contributed by atoms with Crippen LogP contribution in [0.2, 0.25) is 0 Å². The average molecular weight is 318 g/mol. The first kappa shape index (κ1) is 12.5. The van der Waals surface area contributed by atoms with Crippen LogP contribution in [0.1, 0.15) is 10.9 Å². The number of nitrogens with one attached hydrogen (secondary N) is 2. The van der Waals surface area contributed by atoms with Gasteiger partial charge < -0.3 is 10.1 Å². The Morgan fingerprint density at radius 1 is 1.65 bits per heavy atom. The summed E-state index contributed by atoms with van der Waals surface area (Å²) in [5, 5.41) is 7.71. The minimum Gasteiger partial charge on any atom is -0.383 e. The second-order valence-corrected chi connectivity index (χ2v) is 5.32. The molecule has 1 aliphatic rings. The number of nitrogens with zero attached hydrogens (tertiary/aromatic N) is 1. The molecule has 1 amide bonds. The first-order valence-corrected chi connectivity index (χ1v) is 6.72. The van der Waals surface area contributed by atoms with Gasteiger partial charge >= 0.3 is 0 Å². The molecule has 1 saturated heterocycles. The summed E-state index contributed by atoms with van der Waals surface area (Å²) in [6.45, 7) is 1.07. The molecule has 17 heavy (non-hydrogen) atoms. The third-order valence-electron chi connectivity index (χ3n) is 2.22.